The van der Waals surface area contributed by atoms with Gasteiger partial charge in [-0.05, 0) is 49.0 Å². The number of carbonyl (C=O) groups is 4. The van der Waals surface area contributed by atoms with Gasteiger partial charge in [-0.25, -0.2) is 9.78 Å². The molecule has 50 heavy (non-hydrogen) atoms. The van der Waals surface area contributed by atoms with Crippen molar-refractivity contribution >= 4 is 56.1 Å². The van der Waals surface area contributed by atoms with Gasteiger partial charge in [-0.2, -0.15) is 0 Å². The van der Waals surface area contributed by atoms with Crippen LogP contribution in [-0.4, -0.2) is 69.1 Å². The first-order valence-corrected chi connectivity index (χ1v) is 17.5. The largest absolute Gasteiger partial charge is 0.458 e. The normalized spacial score (nSPS) is 18.1. The van der Waals surface area contributed by atoms with Crippen LogP contribution in [0.25, 0.3) is 27.9 Å². The van der Waals surface area contributed by atoms with E-state index in [1.807, 2.05) is 6.07 Å². The fraction of sp³-hybridized carbons (Fsp3) is 0.429. The standard InChI is InChI=1S/C35H38BrN5O9/c1-6-35(47)22-10-24-30-20(13-41(24)33(45)21(22)14-48-34(35)46)28(19-9-25-26(50-15-49-25)11-23(19)39-30)17(4)7-8-37-31(43)18(5)38-32(44)29(16(2)3)40-27(42)12-36/h9-11,16,18,29,47H,4,6-8,12-15H2,1-3,5H3,(H,37,43)(H,38,44)(H,40,42)/t18-,29-,35-/m0/s1. The van der Waals surface area contributed by atoms with Crippen molar-refractivity contribution in [3.05, 3.63) is 57.4 Å². The number of nitrogens with one attached hydrogen (secondary N) is 3. The highest BCUT2D eigenvalue weighted by atomic mass is 79.9. The van der Waals surface area contributed by atoms with E-state index in [1.165, 1.54) is 0 Å². The summed E-state index contributed by atoms with van der Waals surface area (Å²) in [5.41, 5.74) is 1.65. The van der Waals surface area contributed by atoms with Crippen molar-refractivity contribution in [1.29, 1.82) is 0 Å². The fourth-order valence-corrected chi connectivity index (χ4v) is 6.77. The minimum atomic E-state index is -1.97. The number of hydrogen-bond acceptors (Lipinski definition) is 10. The Morgan fingerprint density at radius 2 is 1.78 bits per heavy atom. The van der Waals surface area contributed by atoms with Gasteiger partial charge in [0.2, 0.25) is 24.5 Å². The minimum Gasteiger partial charge on any atom is -0.458 e. The lowest BCUT2D eigenvalue weighted by atomic mass is 9.86. The number of ether oxygens (including phenoxy) is 3. The third-order valence-corrected chi connectivity index (χ3v) is 9.91. The maximum atomic E-state index is 13.8. The zero-order valence-electron chi connectivity index (χ0n) is 28.1. The van der Waals surface area contributed by atoms with Crippen molar-refractivity contribution in [2.75, 3.05) is 18.7 Å². The van der Waals surface area contributed by atoms with Crippen LogP contribution in [0.2, 0.25) is 0 Å². The summed E-state index contributed by atoms with van der Waals surface area (Å²) in [6.07, 6.45) is 0.327. The molecule has 0 aliphatic carbocycles. The molecule has 0 fully saturated rings. The topological polar surface area (TPSA) is 187 Å². The Bertz CT molecular complexity index is 2030. The van der Waals surface area contributed by atoms with E-state index >= 15 is 0 Å². The van der Waals surface area contributed by atoms with Gasteiger partial charge in [-0.1, -0.05) is 43.3 Å². The van der Waals surface area contributed by atoms with E-state index in [0.717, 1.165) is 5.56 Å². The second-order valence-electron chi connectivity index (χ2n) is 12.9. The number of esters is 1. The minimum absolute atomic E-state index is 0.0191. The summed E-state index contributed by atoms with van der Waals surface area (Å²) in [7, 11) is 0. The first kappa shape index (κ1) is 35.1. The average Bonchev–Trinajstić information content (AvgIpc) is 3.70. The van der Waals surface area contributed by atoms with Gasteiger partial charge in [0.15, 0.2) is 17.1 Å². The van der Waals surface area contributed by atoms with E-state index < -0.39 is 35.5 Å². The van der Waals surface area contributed by atoms with Crippen molar-refractivity contribution in [3.8, 4) is 22.9 Å². The number of benzene rings is 1. The first-order valence-electron chi connectivity index (χ1n) is 16.3. The van der Waals surface area contributed by atoms with Gasteiger partial charge in [0.05, 0.1) is 34.3 Å². The lowest BCUT2D eigenvalue weighted by Gasteiger charge is -2.31. The molecular formula is C35H38BrN5O9. The molecule has 3 atom stereocenters. The summed E-state index contributed by atoms with van der Waals surface area (Å²) < 4.78 is 18.0. The van der Waals surface area contributed by atoms with E-state index in [4.69, 9.17) is 19.2 Å². The van der Waals surface area contributed by atoms with E-state index in [2.05, 4.69) is 38.5 Å². The van der Waals surface area contributed by atoms with Gasteiger partial charge in [0.1, 0.15) is 18.7 Å². The summed E-state index contributed by atoms with van der Waals surface area (Å²) in [4.78, 5) is 69.2. The van der Waals surface area contributed by atoms with E-state index in [0.29, 0.717) is 51.3 Å². The molecule has 0 saturated heterocycles. The van der Waals surface area contributed by atoms with Crippen LogP contribution in [-0.2, 0) is 42.7 Å². The molecule has 2 aromatic heterocycles. The SMILES string of the molecule is C=C(CCNC(=O)[C@H](C)NC(=O)[C@@H](NC(=O)CBr)C(C)C)c1c2c(nc3cc4c(cc13)OCO4)-c1cc3c(c(=O)n1C2)COC(=O)[C@]3(O)CC. The Hall–Kier alpha value is -4.76. The second-order valence-corrected chi connectivity index (χ2v) is 13.5. The zero-order chi connectivity index (χ0) is 36.1. The number of rotatable bonds is 11. The highest BCUT2D eigenvalue weighted by Gasteiger charge is 2.45. The fourth-order valence-electron chi connectivity index (χ4n) is 6.60. The maximum absolute atomic E-state index is 13.8. The van der Waals surface area contributed by atoms with Gasteiger partial charge in [-0.15, -0.1) is 0 Å². The second kappa shape index (κ2) is 13.5. The maximum Gasteiger partial charge on any atom is 0.343 e. The van der Waals surface area contributed by atoms with Crippen LogP contribution in [0, 0.1) is 5.92 Å². The lowest BCUT2D eigenvalue weighted by Crippen LogP contribution is -2.54. The number of hydrogen-bond donors (Lipinski definition) is 4. The molecule has 0 spiro atoms. The molecule has 4 N–H and O–H groups in total. The highest BCUT2D eigenvalue weighted by Crippen LogP contribution is 2.45. The van der Waals surface area contributed by atoms with Crippen LogP contribution in [0.5, 0.6) is 11.5 Å². The van der Waals surface area contributed by atoms with E-state index in [1.54, 1.807) is 44.4 Å². The molecule has 5 heterocycles. The Morgan fingerprint density at radius 1 is 1.06 bits per heavy atom. The van der Waals surface area contributed by atoms with Gasteiger partial charge in [-0.3, -0.25) is 19.2 Å². The zero-order valence-corrected chi connectivity index (χ0v) is 29.7. The molecule has 0 saturated carbocycles. The molecule has 14 nitrogen and oxygen atoms in total. The average molecular weight is 753 g/mol. The third-order valence-electron chi connectivity index (χ3n) is 9.40. The molecule has 1 aromatic carbocycles. The number of carbonyl (C=O) groups excluding carboxylic acids is 4. The van der Waals surface area contributed by atoms with Crippen molar-refractivity contribution in [2.24, 2.45) is 5.92 Å². The predicted octanol–water partition coefficient (Wildman–Crippen LogP) is 2.37. The van der Waals surface area contributed by atoms with Crippen LogP contribution >= 0.6 is 15.9 Å². The molecule has 6 rings (SSSR count). The number of aliphatic hydroxyl groups is 1. The van der Waals surface area contributed by atoms with Crippen molar-refractivity contribution in [3.63, 3.8) is 0 Å². The van der Waals surface area contributed by atoms with Crippen molar-refractivity contribution < 1.29 is 38.5 Å². The third kappa shape index (κ3) is 6.02. The molecule has 0 bridgehead atoms. The Kier molecular flexibility index (Phi) is 9.48. The number of fused-ring (bicyclic) bond motifs is 6. The van der Waals surface area contributed by atoms with E-state index in [-0.39, 0.29) is 66.8 Å². The predicted molar refractivity (Wildman–Crippen MR) is 185 cm³/mol. The summed E-state index contributed by atoms with van der Waals surface area (Å²) in [5, 5.41) is 20.2. The molecular weight excluding hydrogens is 714 g/mol. The molecule has 3 aliphatic heterocycles. The molecule has 0 unspecified atom stereocenters. The molecule has 3 aliphatic rings. The monoisotopic (exact) mass is 751 g/mol. The van der Waals surface area contributed by atoms with Gasteiger partial charge in [0.25, 0.3) is 5.56 Å². The van der Waals surface area contributed by atoms with Crippen LogP contribution in [0.1, 0.15) is 62.8 Å². The Morgan fingerprint density at radius 3 is 2.46 bits per heavy atom. The molecule has 3 amide bonds. The quantitative estimate of drug-likeness (QED) is 0.131. The van der Waals surface area contributed by atoms with Crippen molar-refractivity contribution in [2.45, 2.75) is 71.4 Å². The van der Waals surface area contributed by atoms with Crippen LogP contribution in [0.15, 0.2) is 29.6 Å². The van der Waals surface area contributed by atoms with Crippen LogP contribution in [0.4, 0.5) is 0 Å². The summed E-state index contributed by atoms with van der Waals surface area (Å²) in [6, 6.07) is 3.54. The Balaban J connectivity index is 1.28. The molecule has 3 aromatic rings. The summed E-state index contributed by atoms with van der Waals surface area (Å²) in [5.74, 6) is -1.19. The Labute approximate surface area is 295 Å². The van der Waals surface area contributed by atoms with Crippen LogP contribution < -0.4 is 31.0 Å². The number of aromatic nitrogens is 2. The number of alkyl halides is 1. The number of cyclic esters (lactones) is 1. The number of amides is 3. The summed E-state index contributed by atoms with van der Waals surface area (Å²) >= 11 is 3.08. The molecule has 264 valence electrons. The highest BCUT2D eigenvalue weighted by molar-refractivity contribution is 9.09. The number of halogens is 1. The molecule has 0 radical (unpaired) electrons. The smallest absolute Gasteiger partial charge is 0.343 e. The van der Waals surface area contributed by atoms with Crippen LogP contribution in [0.3, 0.4) is 0 Å². The van der Waals surface area contributed by atoms with Crippen molar-refractivity contribution in [1.82, 2.24) is 25.5 Å². The van der Waals surface area contributed by atoms with E-state index in [9.17, 15) is 29.1 Å². The first-order chi connectivity index (χ1) is 23.8. The lowest BCUT2D eigenvalue weighted by molar-refractivity contribution is -0.172. The van der Waals surface area contributed by atoms with Gasteiger partial charge < -0.3 is 39.8 Å². The summed E-state index contributed by atoms with van der Waals surface area (Å²) in [6.45, 7) is 11.3. The van der Waals surface area contributed by atoms with Gasteiger partial charge >= 0.3 is 5.97 Å². The number of nitrogens with zero attached hydrogens (tertiary/aromatic N) is 2. The number of pyridine rings is 2. The molecule has 15 heteroatoms. The van der Waals surface area contributed by atoms with Gasteiger partial charge in [0, 0.05) is 29.1 Å².